The first-order valence-corrected chi connectivity index (χ1v) is 6.89. The Hall–Kier alpha value is -2.29. The Morgan fingerprint density at radius 1 is 1.10 bits per heavy atom. The van der Waals surface area contributed by atoms with Gasteiger partial charge >= 0.3 is 0 Å². The number of benzene rings is 2. The van der Waals surface area contributed by atoms with Crippen LogP contribution in [-0.2, 0) is 10.5 Å². The Bertz CT molecular complexity index is 692. The predicted molar refractivity (Wildman–Crippen MR) is 76.6 cm³/mol. The number of carbonyl (C=O) groups is 1. The summed E-state index contributed by atoms with van der Waals surface area (Å²) in [5.74, 6) is 0.927. The molecule has 2 heterocycles. The molecule has 0 saturated carbocycles. The highest BCUT2D eigenvalue weighted by atomic mass is 16.5. The summed E-state index contributed by atoms with van der Waals surface area (Å²) in [5.41, 5.74) is 2.49. The van der Waals surface area contributed by atoms with E-state index in [1.807, 2.05) is 29.2 Å². The second-order valence-electron chi connectivity index (χ2n) is 5.45. The lowest BCUT2D eigenvalue weighted by molar-refractivity contribution is -0.117. The van der Waals surface area contributed by atoms with E-state index in [4.69, 9.17) is 4.74 Å². The van der Waals surface area contributed by atoms with E-state index in [1.54, 1.807) is 0 Å². The fraction of sp³-hybridized carbons (Fsp3) is 0.235. The fourth-order valence-corrected chi connectivity index (χ4v) is 3.18. The van der Waals surface area contributed by atoms with Gasteiger partial charge in [-0.05, 0) is 19.1 Å². The van der Waals surface area contributed by atoms with Crippen molar-refractivity contribution in [3.05, 3.63) is 59.7 Å². The van der Waals surface area contributed by atoms with E-state index in [-0.39, 0.29) is 5.91 Å². The molecule has 1 saturated heterocycles. The molecular formula is C17H15NO2. The molecule has 0 spiro atoms. The molecule has 0 aliphatic carbocycles. The summed E-state index contributed by atoms with van der Waals surface area (Å²) in [6.07, 6.45) is 1.23. The van der Waals surface area contributed by atoms with Crippen LogP contribution < -0.4 is 9.64 Å². The fourth-order valence-electron chi connectivity index (χ4n) is 3.18. The van der Waals surface area contributed by atoms with Gasteiger partial charge in [0.1, 0.15) is 5.75 Å². The molecule has 0 bridgehead atoms. The van der Waals surface area contributed by atoms with E-state index in [2.05, 4.69) is 31.2 Å². The Labute approximate surface area is 117 Å². The number of hydrogen-bond acceptors (Lipinski definition) is 2. The maximum atomic E-state index is 12.3. The molecule has 0 radical (unpaired) electrons. The van der Waals surface area contributed by atoms with Crippen molar-refractivity contribution in [1.29, 1.82) is 0 Å². The van der Waals surface area contributed by atoms with Crippen molar-refractivity contribution >= 4 is 11.6 Å². The van der Waals surface area contributed by atoms with Gasteiger partial charge in [0.2, 0.25) is 11.6 Å². The molecule has 3 nitrogen and oxygen atoms in total. The Balaban J connectivity index is 1.90. The van der Waals surface area contributed by atoms with E-state index < -0.39 is 5.72 Å². The van der Waals surface area contributed by atoms with Gasteiger partial charge in [-0.2, -0.15) is 0 Å². The van der Waals surface area contributed by atoms with Crippen molar-refractivity contribution in [2.45, 2.75) is 25.5 Å². The molecule has 4 rings (SSSR count). The summed E-state index contributed by atoms with van der Waals surface area (Å²) in [5, 5.41) is 0. The van der Waals surface area contributed by atoms with E-state index in [1.165, 1.54) is 5.56 Å². The zero-order valence-corrected chi connectivity index (χ0v) is 11.3. The first kappa shape index (κ1) is 11.5. The number of rotatable bonds is 1. The van der Waals surface area contributed by atoms with Gasteiger partial charge in [-0.1, -0.05) is 42.0 Å². The SMILES string of the molecule is Cc1ccc(C23CCC(=O)N2c2ccccc2O3)cc1. The minimum atomic E-state index is -0.644. The van der Waals surface area contributed by atoms with E-state index >= 15 is 0 Å². The largest absolute Gasteiger partial charge is 0.461 e. The smallest absolute Gasteiger partial charge is 0.230 e. The van der Waals surface area contributed by atoms with Crippen LogP contribution in [0, 0.1) is 6.92 Å². The average molecular weight is 265 g/mol. The van der Waals surface area contributed by atoms with Crippen LogP contribution in [0.1, 0.15) is 24.0 Å². The lowest BCUT2D eigenvalue weighted by Crippen LogP contribution is -2.43. The van der Waals surface area contributed by atoms with Crippen LogP contribution in [0.15, 0.2) is 48.5 Å². The topological polar surface area (TPSA) is 29.5 Å². The number of anilines is 1. The predicted octanol–water partition coefficient (Wildman–Crippen LogP) is 3.37. The van der Waals surface area contributed by atoms with Crippen molar-refractivity contribution < 1.29 is 9.53 Å². The second-order valence-corrected chi connectivity index (χ2v) is 5.45. The number of hydrogen-bond donors (Lipinski definition) is 0. The number of para-hydroxylation sites is 2. The van der Waals surface area contributed by atoms with Crippen LogP contribution in [0.3, 0.4) is 0 Å². The third-order valence-corrected chi connectivity index (χ3v) is 4.18. The van der Waals surface area contributed by atoms with Crippen molar-refractivity contribution in [2.75, 3.05) is 4.90 Å². The molecule has 2 aromatic carbocycles. The van der Waals surface area contributed by atoms with Crippen molar-refractivity contribution in [3.63, 3.8) is 0 Å². The standard InChI is InChI=1S/C17H15NO2/c1-12-6-8-13(9-7-12)17-11-10-16(19)18(17)14-4-2-3-5-15(14)20-17/h2-9H,10-11H2,1H3. The highest BCUT2D eigenvalue weighted by Gasteiger charge is 2.54. The summed E-state index contributed by atoms with van der Waals surface area (Å²) in [4.78, 5) is 14.1. The monoisotopic (exact) mass is 265 g/mol. The quantitative estimate of drug-likeness (QED) is 0.791. The molecule has 1 amide bonds. The van der Waals surface area contributed by atoms with Gasteiger partial charge in [-0.15, -0.1) is 0 Å². The summed E-state index contributed by atoms with van der Waals surface area (Å²) in [6, 6.07) is 16.0. The third-order valence-electron chi connectivity index (χ3n) is 4.18. The van der Waals surface area contributed by atoms with Gasteiger partial charge < -0.3 is 4.74 Å². The Kier molecular flexibility index (Phi) is 2.22. The normalized spacial score (nSPS) is 23.4. The molecule has 1 fully saturated rings. The molecule has 2 aliphatic heterocycles. The lowest BCUT2D eigenvalue weighted by Gasteiger charge is -2.31. The zero-order valence-electron chi connectivity index (χ0n) is 11.3. The molecule has 2 aliphatic rings. The molecular weight excluding hydrogens is 250 g/mol. The van der Waals surface area contributed by atoms with E-state index in [0.717, 1.165) is 17.0 Å². The van der Waals surface area contributed by atoms with E-state index in [0.29, 0.717) is 12.8 Å². The highest BCUT2D eigenvalue weighted by Crippen LogP contribution is 2.52. The maximum absolute atomic E-state index is 12.3. The van der Waals surface area contributed by atoms with Crippen LogP contribution in [0.2, 0.25) is 0 Å². The molecule has 100 valence electrons. The molecule has 1 unspecified atom stereocenters. The van der Waals surface area contributed by atoms with Crippen molar-refractivity contribution in [1.82, 2.24) is 0 Å². The number of nitrogens with zero attached hydrogens (tertiary/aromatic N) is 1. The summed E-state index contributed by atoms with van der Waals surface area (Å²) in [7, 11) is 0. The number of carbonyl (C=O) groups excluding carboxylic acids is 1. The van der Waals surface area contributed by atoms with Gasteiger partial charge in [0.25, 0.3) is 0 Å². The summed E-state index contributed by atoms with van der Waals surface area (Å²) < 4.78 is 6.22. The molecule has 20 heavy (non-hydrogen) atoms. The molecule has 0 aromatic heterocycles. The van der Waals surface area contributed by atoms with Crippen LogP contribution in [0.5, 0.6) is 5.75 Å². The molecule has 3 heteroatoms. The van der Waals surface area contributed by atoms with Crippen LogP contribution in [-0.4, -0.2) is 5.91 Å². The number of amides is 1. The van der Waals surface area contributed by atoms with Gasteiger partial charge in [-0.25, -0.2) is 0 Å². The molecule has 2 aromatic rings. The summed E-state index contributed by atoms with van der Waals surface area (Å²) in [6.45, 7) is 2.06. The minimum Gasteiger partial charge on any atom is -0.461 e. The zero-order chi connectivity index (χ0) is 13.7. The van der Waals surface area contributed by atoms with Gasteiger partial charge in [-0.3, -0.25) is 9.69 Å². The Morgan fingerprint density at radius 3 is 2.65 bits per heavy atom. The van der Waals surface area contributed by atoms with Gasteiger partial charge in [0.15, 0.2) is 0 Å². The molecule has 0 N–H and O–H groups in total. The number of aryl methyl sites for hydroxylation is 1. The first-order chi connectivity index (χ1) is 9.71. The summed E-state index contributed by atoms with van der Waals surface area (Å²) >= 11 is 0. The van der Waals surface area contributed by atoms with Crippen LogP contribution >= 0.6 is 0 Å². The maximum Gasteiger partial charge on any atom is 0.230 e. The minimum absolute atomic E-state index is 0.135. The molecule has 1 atom stereocenters. The third kappa shape index (κ3) is 1.38. The van der Waals surface area contributed by atoms with Crippen molar-refractivity contribution in [3.8, 4) is 5.75 Å². The average Bonchev–Trinajstić information content (AvgIpc) is 2.96. The first-order valence-electron chi connectivity index (χ1n) is 6.89. The Morgan fingerprint density at radius 2 is 1.85 bits per heavy atom. The van der Waals surface area contributed by atoms with Crippen LogP contribution in [0.25, 0.3) is 0 Å². The highest BCUT2D eigenvalue weighted by molar-refractivity contribution is 6.00. The van der Waals surface area contributed by atoms with Gasteiger partial charge in [0, 0.05) is 18.4 Å². The van der Waals surface area contributed by atoms with E-state index in [9.17, 15) is 4.79 Å². The van der Waals surface area contributed by atoms with Gasteiger partial charge in [0.05, 0.1) is 5.69 Å². The van der Waals surface area contributed by atoms with Crippen LogP contribution in [0.4, 0.5) is 5.69 Å². The second kappa shape index (κ2) is 3.85. The lowest BCUT2D eigenvalue weighted by atomic mass is 9.99. The van der Waals surface area contributed by atoms with Crippen molar-refractivity contribution in [2.24, 2.45) is 0 Å². The number of fused-ring (bicyclic) bond motifs is 3. The number of ether oxygens (including phenoxy) is 1.